The molecule has 0 saturated heterocycles. The summed E-state index contributed by atoms with van der Waals surface area (Å²) >= 11 is 11.7. The van der Waals surface area contributed by atoms with Crippen molar-refractivity contribution in [2.75, 3.05) is 13.0 Å². The topological polar surface area (TPSA) is 27.1 Å². The van der Waals surface area contributed by atoms with Crippen LogP contribution in [0.4, 0.5) is 4.39 Å². The van der Waals surface area contributed by atoms with Crippen molar-refractivity contribution in [3.8, 4) is 0 Å². The lowest BCUT2D eigenvalue weighted by molar-refractivity contribution is -0.0832. The summed E-state index contributed by atoms with van der Waals surface area (Å²) in [6.45, 7) is 0.674. The number of ether oxygens (including phenoxy) is 1. The lowest BCUT2D eigenvalue weighted by Crippen LogP contribution is -2.43. The summed E-state index contributed by atoms with van der Waals surface area (Å²) in [6.07, 6.45) is 3.82. The van der Waals surface area contributed by atoms with E-state index in [1.165, 1.54) is 6.07 Å². The number of rotatable bonds is 5. The van der Waals surface area contributed by atoms with Crippen LogP contribution < -0.4 is 0 Å². The molecule has 2 aromatic rings. The van der Waals surface area contributed by atoms with Crippen LogP contribution in [-0.2, 0) is 17.7 Å². The fourth-order valence-electron chi connectivity index (χ4n) is 2.91. The Bertz CT molecular complexity index is 662. The maximum absolute atomic E-state index is 13.8. The summed E-state index contributed by atoms with van der Waals surface area (Å²) in [4.78, 5) is 4.55. The molecule has 0 amide bonds. The van der Waals surface area contributed by atoms with Gasteiger partial charge in [-0.3, -0.25) is 0 Å². The first-order chi connectivity index (χ1) is 10.1. The Morgan fingerprint density at radius 1 is 1.43 bits per heavy atom. The monoisotopic (exact) mass is 330 g/mol. The average Bonchev–Trinajstić information content (AvgIpc) is 2.72. The third-order valence-corrected chi connectivity index (χ3v) is 4.81. The Balaban J connectivity index is 2.09. The molecule has 3 nitrogen and oxygen atoms in total. The van der Waals surface area contributed by atoms with Gasteiger partial charge in [-0.2, -0.15) is 0 Å². The van der Waals surface area contributed by atoms with Crippen molar-refractivity contribution < 1.29 is 9.13 Å². The molecule has 0 unspecified atom stereocenters. The van der Waals surface area contributed by atoms with E-state index in [9.17, 15) is 4.39 Å². The predicted molar refractivity (Wildman–Crippen MR) is 82.7 cm³/mol. The first-order valence-corrected chi connectivity index (χ1v) is 7.95. The maximum Gasteiger partial charge on any atom is 0.144 e. The zero-order chi connectivity index (χ0) is 15.0. The normalized spacial score (nSPS) is 17.1. The molecule has 3 rings (SSSR count). The van der Waals surface area contributed by atoms with Crippen LogP contribution in [0.2, 0.25) is 5.02 Å². The molecule has 1 saturated carbocycles. The second-order valence-corrected chi connectivity index (χ2v) is 6.33. The third-order valence-electron chi connectivity index (χ3n) is 4.33. The summed E-state index contributed by atoms with van der Waals surface area (Å²) in [5.74, 6) is 0.896. The molecule has 1 fully saturated rings. The van der Waals surface area contributed by atoms with Crippen molar-refractivity contribution in [2.24, 2.45) is 0 Å². The fraction of sp³-hybridized carbons (Fsp3) is 0.533. The molecule has 0 radical (unpaired) electrons. The Morgan fingerprint density at radius 2 is 2.19 bits per heavy atom. The first-order valence-electron chi connectivity index (χ1n) is 7.04. The molecule has 1 aromatic carbocycles. The van der Waals surface area contributed by atoms with Gasteiger partial charge in [0.05, 0.1) is 28.2 Å². The van der Waals surface area contributed by atoms with Gasteiger partial charge in [-0.15, -0.1) is 11.6 Å². The van der Waals surface area contributed by atoms with Crippen molar-refractivity contribution in [1.82, 2.24) is 9.55 Å². The van der Waals surface area contributed by atoms with Gasteiger partial charge in [0.1, 0.15) is 11.6 Å². The summed E-state index contributed by atoms with van der Waals surface area (Å²) in [7, 11) is 1.73. The second-order valence-electron chi connectivity index (χ2n) is 5.55. The minimum atomic E-state index is -0.428. The standard InChI is InChI=1S/C15H17Cl2FN2O/c1-21-15(4-2-5-15)9-20-13-8-11(18)10(17)7-12(13)19-14(20)3-6-16/h7-8H,2-6,9H2,1H3. The zero-order valence-electron chi connectivity index (χ0n) is 11.8. The van der Waals surface area contributed by atoms with Crippen molar-refractivity contribution in [2.45, 2.75) is 37.8 Å². The summed E-state index contributed by atoms with van der Waals surface area (Å²) in [5.41, 5.74) is 1.29. The highest BCUT2D eigenvalue weighted by Crippen LogP contribution is 2.38. The van der Waals surface area contributed by atoms with Crippen molar-refractivity contribution in [3.63, 3.8) is 0 Å². The van der Waals surface area contributed by atoms with E-state index in [0.29, 0.717) is 24.4 Å². The number of halogens is 3. The van der Waals surface area contributed by atoms with E-state index in [-0.39, 0.29) is 10.6 Å². The number of nitrogens with zero attached hydrogens (tertiary/aromatic N) is 2. The summed E-state index contributed by atoms with van der Waals surface area (Å²) < 4.78 is 21.5. The quantitative estimate of drug-likeness (QED) is 0.769. The van der Waals surface area contributed by atoms with Gasteiger partial charge in [-0.1, -0.05) is 11.6 Å². The van der Waals surface area contributed by atoms with E-state index < -0.39 is 5.82 Å². The highest BCUT2D eigenvalue weighted by Gasteiger charge is 2.38. The number of methoxy groups -OCH3 is 1. The number of hydrogen-bond donors (Lipinski definition) is 0. The molecule has 1 aliphatic carbocycles. The Kier molecular flexibility index (Phi) is 4.12. The van der Waals surface area contributed by atoms with E-state index in [1.54, 1.807) is 13.2 Å². The molecular weight excluding hydrogens is 314 g/mol. The molecule has 1 aliphatic rings. The summed E-state index contributed by atoms with van der Waals surface area (Å²) in [5, 5.41) is 0.0923. The molecule has 6 heteroatoms. The first kappa shape index (κ1) is 15.1. The van der Waals surface area contributed by atoms with E-state index >= 15 is 0 Å². The number of aryl methyl sites for hydroxylation is 1. The van der Waals surface area contributed by atoms with Gasteiger partial charge in [-0.05, 0) is 25.3 Å². The Hall–Kier alpha value is -0.840. The van der Waals surface area contributed by atoms with Gasteiger partial charge >= 0.3 is 0 Å². The van der Waals surface area contributed by atoms with Crippen LogP contribution in [0.1, 0.15) is 25.1 Å². The Morgan fingerprint density at radius 3 is 2.76 bits per heavy atom. The van der Waals surface area contributed by atoms with Gasteiger partial charge in [0.2, 0.25) is 0 Å². The van der Waals surface area contributed by atoms with Crippen LogP contribution in [0.5, 0.6) is 0 Å². The van der Waals surface area contributed by atoms with Gasteiger partial charge in [0.15, 0.2) is 0 Å². The fourth-order valence-corrected chi connectivity index (χ4v) is 3.23. The zero-order valence-corrected chi connectivity index (χ0v) is 13.3. The molecule has 1 aromatic heterocycles. The van der Waals surface area contributed by atoms with Gasteiger partial charge in [0.25, 0.3) is 0 Å². The molecule has 114 valence electrons. The number of imidazole rings is 1. The van der Waals surface area contributed by atoms with Crippen LogP contribution in [0.3, 0.4) is 0 Å². The third kappa shape index (κ3) is 2.65. The Labute approximate surface area is 133 Å². The summed E-state index contributed by atoms with van der Waals surface area (Å²) in [6, 6.07) is 3.02. The molecule has 0 N–H and O–H groups in total. The number of aromatic nitrogens is 2. The van der Waals surface area contributed by atoms with Crippen LogP contribution in [-0.4, -0.2) is 28.1 Å². The van der Waals surface area contributed by atoms with Crippen LogP contribution >= 0.6 is 23.2 Å². The van der Waals surface area contributed by atoms with E-state index in [0.717, 1.165) is 30.6 Å². The van der Waals surface area contributed by atoms with E-state index in [2.05, 4.69) is 4.98 Å². The molecule has 0 bridgehead atoms. The maximum atomic E-state index is 13.8. The molecule has 0 spiro atoms. The number of fused-ring (bicyclic) bond motifs is 1. The highest BCUT2D eigenvalue weighted by molar-refractivity contribution is 6.31. The van der Waals surface area contributed by atoms with Gasteiger partial charge < -0.3 is 9.30 Å². The lowest BCUT2D eigenvalue weighted by Gasteiger charge is -2.41. The molecule has 0 aliphatic heterocycles. The highest BCUT2D eigenvalue weighted by atomic mass is 35.5. The predicted octanol–water partition coefficient (Wildman–Crippen LogP) is 4.18. The van der Waals surface area contributed by atoms with Crippen molar-refractivity contribution in [3.05, 3.63) is 28.8 Å². The number of benzene rings is 1. The lowest BCUT2D eigenvalue weighted by atomic mass is 9.80. The van der Waals surface area contributed by atoms with E-state index in [1.807, 2.05) is 4.57 Å². The van der Waals surface area contributed by atoms with Crippen LogP contribution in [0.25, 0.3) is 11.0 Å². The molecular formula is C15H17Cl2FN2O. The number of alkyl halides is 1. The van der Waals surface area contributed by atoms with Crippen LogP contribution in [0, 0.1) is 5.82 Å². The molecule has 1 heterocycles. The van der Waals surface area contributed by atoms with Gasteiger partial charge in [-0.25, -0.2) is 9.37 Å². The van der Waals surface area contributed by atoms with Gasteiger partial charge in [0, 0.05) is 25.5 Å². The average molecular weight is 331 g/mol. The van der Waals surface area contributed by atoms with Crippen molar-refractivity contribution in [1.29, 1.82) is 0 Å². The smallest absolute Gasteiger partial charge is 0.144 e. The largest absolute Gasteiger partial charge is 0.376 e. The molecule has 0 atom stereocenters. The number of hydrogen-bond acceptors (Lipinski definition) is 2. The minimum Gasteiger partial charge on any atom is -0.376 e. The van der Waals surface area contributed by atoms with Crippen molar-refractivity contribution >= 4 is 34.2 Å². The molecule has 21 heavy (non-hydrogen) atoms. The van der Waals surface area contributed by atoms with Crippen LogP contribution in [0.15, 0.2) is 12.1 Å². The SMILES string of the molecule is COC1(Cn2c(CCCl)nc3cc(Cl)c(F)cc32)CCC1. The minimum absolute atomic E-state index is 0.0923. The van der Waals surface area contributed by atoms with E-state index in [4.69, 9.17) is 27.9 Å². The second kappa shape index (κ2) is 5.75.